The van der Waals surface area contributed by atoms with Gasteiger partial charge in [-0.05, 0) is 58.1 Å². The highest BCUT2D eigenvalue weighted by Crippen LogP contribution is 2.32. The average Bonchev–Trinajstić information content (AvgIpc) is 2.47. The second kappa shape index (κ2) is 4.89. The van der Waals surface area contributed by atoms with Gasteiger partial charge in [0.1, 0.15) is 5.69 Å². The molecule has 1 heterocycles. The van der Waals surface area contributed by atoms with Gasteiger partial charge in [0, 0.05) is 21.3 Å². The first-order valence-electron chi connectivity index (χ1n) is 5.73. The quantitative estimate of drug-likeness (QED) is 0.696. The first kappa shape index (κ1) is 13.1. The Kier molecular flexibility index (Phi) is 3.37. The van der Waals surface area contributed by atoms with Gasteiger partial charge >= 0.3 is 0 Å². The highest BCUT2D eigenvalue weighted by Gasteiger charge is 2.25. The lowest BCUT2D eigenvalue weighted by Crippen LogP contribution is -2.07. The molecule has 0 bridgehead atoms. The summed E-state index contributed by atoms with van der Waals surface area (Å²) in [4.78, 5) is 16.8. The monoisotopic (exact) mass is 355 g/mol. The van der Waals surface area contributed by atoms with Crippen molar-refractivity contribution in [3.63, 3.8) is 0 Å². The Morgan fingerprint density at radius 1 is 1.11 bits per heavy atom. The average molecular weight is 357 g/mol. The lowest BCUT2D eigenvalue weighted by atomic mass is 10.0. The zero-order valence-electron chi connectivity index (χ0n) is 9.71. The maximum absolute atomic E-state index is 12.6. The number of pyridine rings is 1. The van der Waals surface area contributed by atoms with Crippen LogP contribution in [0.15, 0.2) is 28.9 Å². The van der Waals surface area contributed by atoms with Crippen LogP contribution in [-0.4, -0.2) is 10.8 Å². The summed E-state index contributed by atoms with van der Waals surface area (Å²) in [5.74, 6) is -0.128. The summed E-state index contributed by atoms with van der Waals surface area (Å²) in [7, 11) is 0. The van der Waals surface area contributed by atoms with Gasteiger partial charge in [-0.1, -0.05) is 23.2 Å². The van der Waals surface area contributed by atoms with Gasteiger partial charge in [0.2, 0.25) is 5.78 Å². The van der Waals surface area contributed by atoms with Gasteiger partial charge in [-0.25, -0.2) is 0 Å². The summed E-state index contributed by atoms with van der Waals surface area (Å²) < 4.78 is 0.870. The van der Waals surface area contributed by atoms with Gasteiger partial charge in [-0.15, -0.1) is 0 Å². The number of aryl methyl sites for hydroxylation is 2. The Morgan fingerprint density at radius 3 is 2.63 bits per heavy atom. The van der Waals surface area contributed by atoms with E-state index in [0.29, 0.717) is 21.3 Å². The third kappa shape index (κ3) is 2.31. The minimum atomic E-state index is -0.128. The highest BCUT2D eigenvalue weighted by molar-refractivity contribution is 9.10. The van der Waals surface area contributed by atoms with Crippen LogP contribution in [0.4, 0.5) is 0 Å². The molecule has 1 aromatic carbocycles. The van der Waals surface area contributed by atoms with Crippen LogP contribution in [-0.2, 0) is 12.8 Å². The van der Waals surface area contributed by atoms with E-state index < -0.39 is 0 Å². The summed E-state index contributed by atoms with van der Waals surface area (Å²) in [6.07, 6.45) is 3.11. The second-order valence-corrected chi connectivity index (χ2v) is 6.17. The van der Waals surface area contributed by atoms with Crippen molar-refractivity contribution in [2.75, 3.05) is 0 Å². The standard InChI is InChI=1S/C14H8BrCl2NO/c15-9-3-8-2-1-7-4-10(16)5-11(17)12(7)14(19)13(8)18-6-9/h3-6H,1-2H2. The fourth-order valence-corrected chi connectivity index (χ4v) is 3.34. The molecule has 19 heavy (non-hydrogen) atoms. The van der Waals surface area contributed by atoms with E-state index in [2.05, 4.69) is 20.9 Å². The molecular formula is C14H8BrCl2NO. The van der Waals surface area contributed by atoms with Crippen LogP contribution >= 0.6 is 39.1 Å². The van der Waals surface area contributed by atoms with Crippen LogP contribution in [0.1, 0.15) is 27.2 Å². The highest BCUT2D eigenvalue weighted by atomic mass is 79.9. The fourth-order valence-electron chi connectivity index (χ4n) is 2.34. The van der Waals surface area contributed by atoms with Crippen LogP contribution in [0.25, 0.3) is 0 Å². The molecule has 0 aliphatic heterocycles. The summed E-state index contributed by atoms with van der Waals surface area (Å²) in [5.41, 5.74) is 2.82. The van der Waals surface area contributed by atoms with Gasteiger partial charge in [-0.3, -0.25) is 9.78 Å². The van der Waals surface area contributed by atoms with Crippen LogP contribution < -0.4 is 0 Å². The Labute approximate surface area is 128 Å². The number of benzene rings is 1. The topological polar surface area (TPSA) is 30.0 Å². The van der Waals surface area contributed by atoms with Gasteiger partial charge in [0.15, 0.2) is 0 Å². The molecule has 0 N–H and O–H groups in total. The maximum atomic E-state index is 12.6. The molecule has 0 spiro atoms. The second-order valence-electron chi connectivity index (χ2n) is 4.41. The summed E-state index contributed by atoms with van der Waals surface area (Å²) >= 11 is 15.5. The number of nitrogens with zero attached hydrogens (tertiary/aromatic N) is 1. The molecule has 0 amide bonds. The normalized spacial score (nSPS) is 13.7. The lowest BCUT2D eigenvalue weighted by molar-refractivity contribution is 0.103. The Morgan fingerprint density at radius 2 is 1.84 bits per heavy atom. The van der Waals surface area contributed by atoms with Gasteiger partial charge in [-0.2, -0.15) is 0 Å². The molecule has 0 fully saturated rings. The number of carbonyl (C=O) groups excluding carboxylic acids is 1. The molecule has 2 nitrogen and oxygen atoms in total. The van der Waals surface area contributed by atoms with Crippen molar-refractivity contribution < 1.29 is 4.79 Å². The van der Waals surface area contributed by atoms with Gasteiger partial charge in [0.25, 0.3) is 0 Å². The Bertz CT molecular complexity index is 700. The number of halogens is 3. The molecule has 5 heteroatoms. The molecule has 3 rings (SSSR count). The number of hydrogen-bond acceptors (Lipinski definition) is 2. The zero-order valence-corrected chi connectivity index (χ0v) is 12.8. The van der Waals surface area contributed by atoms with Crippen LogP contribution in [0.2, 0.25) is 10.0 Å². The molecule has 0 saturated heterocycles. The number of rotatable bonds is 0. The third-order valence-electron chi connectivity index (χ3n) is 3.18. The maximum Gasteiger partial charge on any atom is 0.213 e. The minimum absolute atomic E-state index is 0.128. The van der Waals surface area contributed by atoms with Crippen molar-refractivity contribution in [2.45, 2.75) is 12.8 Å². The van der Waals surface area contributed by atoms with Crippen LogP contribution in [0, 0.1) is 0 Å². The van der Waals surface area contributed by atoms with E-state index in [0.717, 1.165) is 28.4 Å². The van der Waals surface area contributed by atoms with E-state index in [1.54, 1.807) is 12.3 Å². The summed E-state index contributed by atoms with van der Waals surface area (Å²) in [6, 6.07) is 5.34. The minimum Gasteiger partial charge on any atom is -0.287 e. The van der Waals surface area contributed by atoms with Crippen LogP contribution in [0.3, 0.4) is 0 Å². The number of hydrogen-bond donors (Lipinski definition) is 0. The number of aromatic nitrogens is 1. The molecule has 96 valence electrons. The van der Waals surface area contributed by atoms with E-state index >= 15 is 0 Å². The molecule has 0 unspecified atom stereocenters. The fraction of sp³-hybridized carbons (Fsp3) is 0.143. The number of ketones is 1. The lowest BCUT2D eigenvalue weighted by Gasteiger charge is -2.07. The molecule has 1 aromatic heterocycles. The first-order chi connectivity index (χ1) is 9.06. The third-order valence-corrected chi connectivity index (χ3v) is 4.13. The molecule has 1 aliphatic rings. The van der Waals surface area contributed by atoms with E-state index in [-0.39, 0.29) is 5.78 Å². The van der Waals surface area contributed by atoms with Crippen molar-refractivity contribution >= 4 is 44.9 Å². The largest absolute Gasteiger partial charge is 0.287 e. The van der Waals surface area contributed by atoms with Crippen molar-refractivity contribution in [2.24, 2.45) is 0 Å². The first-order valence-corrected chi connectivity index (χ1v) is 7.28. The molecule has 0 saturated carbocycles. The molecule has 0 atom stereocenters. The van der Waals surface area contributed by atoms with E-state index in [1.807, 2.05) is 12.1 Å². The SMILES string of the molecule is O=C1c2ncc(Br)cc2CCc2cc(Cl)cc(Cl)c21. The number of carbonyl (C=O) groups is 1. The van der Waals surface area contributed by atoms with E-state index in [4.69, 9.17) is 23.2 Å². The Hall–Kier alpha value is -0.900. The van der Waals surface area contributed by atoms with E-state index in [1.165, 1.54) is 0 Å². The summed E-state index contributed by atoms with van der Waals surface area (Å²) in [6.45, 7) is 0. The zero-order chi connectivity index (χ0) is 13.6. The number of fused-ring (bicyclic) bond motifs is 2. The van der Waals surface area contributed by atoms with Crippen molar-refractivity contribution in [3.05, 3.63) is 61.3 Å². The van der Waals surface area contributed by atoms with Crippen molar-refractivity contribution in [3.8, 4) is 0 Å². The molecule has 2 aromatic rings. The van der Waals surface area contributed by atoms with Crippen LogP contribution in [0.5, 0.6) is 0 Å². The molecular weight excluding hydrogens is 349 g/mol. The van der Waals surface area contributed by atoms with Crippen molar-refractivity contribution in [1.29, 1.82) is 0 Å². The molecule has 0 radical (unpaired) electrons. The van der Waals surface area contributed by atoms with Gasteiger partial charge in [0.05, 0.1) is 5.02 Å². The smallest absolute Gasteiger partial charge is 0.213 e. The summed E-state index contributed by atoms with van der Waals surface area (Å²) in [5, 5.41) is 0.946. The predicted octanol–water partition coefficient (Wildman–Crippen LogP) is 4.48. The van der Waals surface area contributed by atoms with Gasteiger partial charge < -0.3 is 0 Å². The van der Waals surface area contributed by atoms with Crippen molar-refractivity contribution in [1.82, 2.24) is 4.98 Å². The molecule has 1 aliphatic carbocycles. The predicted molar refractivity (Wildman–Crippen MR) is 79.2 cm³/mol. The Balaban J connectivity index is 2.23. The van der Waals surface area contributed by atoms with E-state index in [9.17, 15) is 4.79 Å².